The van der Waals surface area contributed by atoms with Gasteiger partial charge in [0.1, 0.15) is 0 Å². The molecule has 1 saturated heterocycles. The maximum Gasteiger partial charge on any atom is 0.258 e. The van der Waals surface area contributed by atoms with Crippen LogP contribution in [0, 0.1) is 18.8 Å². The summed E-state index contributed by atoms with van der Waals surface area (Å²) in [5, 5.41) is 11.3. The number of carbonyl (C=O) groups is 1. The first kappa shape index (κ1) is 29.8. The van der Waals surface area contributed by atoms with Crippen LogP contribution < -0.4 is 15.4 Å². The molecule has 7 rings (SSSR count). The highest BCUT2D eigenvalue weighted by Crippen LogP contribution is 2.41. The van der Waals surface area contributed by atoms with E-state index in [2.05, 4.69) is 50.3 Å². The number of ether oxygens (including phenoxy) is 1. The zero-order valence-corrected chi connectivity index (χ0v) is 26.9. The van der Waals surface area contributed by atoms with E-state index in [1.165, 1.54) is 45.2 Å². The molecule has 238 valence electrons. The Balaban J connectivity index is 1.19. The molecule has 1 amide bonds. The van der Waals surface area contributed by atoms with Crippen LogP contribution in [0.15, 0.2) is 36.5 Å². The summed E-state index contributed by atoms with van der Waals surface area (Å²) in [7, 11) is 1.88. The molecule has 2 fully saturated rings. The molecule has 2 atom stereocenters. The Kier molecular flexibility index (Phi) is 8.49. The van der Waals surface area contributed by atoms with Gasteiger partial charge in [0.25, 0.3) is 5.91 Å². The van der Waals surface area contributed by atoms with Gasteiger partial charge in [-0.2, -0.15) is 5.10 Å². The highest BCUT2D eigenvalue weighted by molar-refractivity contribution is 6.05. The Bertz CT molecular complexity index is 1670. The zero-order valence-electron chi connectivity index (χ0n) is 26.9. The minimum Gasteiger partial charge on any atom is -0.477 e. The average Bonchev–Trinajstić information content (AvgIpc) is 3.74. The van der Waals surface area contributed by atoms with E-state index in [0.717, 1.165) is 60.3 Å². The molecule has 2 bridgehead atoms. The first-order valence-corrected chi connectivity index (χ1v) is 16.9. The molecule has 0 unspecified atom stereocenters. The number of anilines is 2. The number of rotatable bonds is 6. The van der Waals surface area contributed by atoms with Gasteiger partial charge in [-0.1, -0.05) is 6.42 Å². The lowest BCUT2D eigenvalue weighted by molar-refractivity contribution is 0.102. The molecule has 1 saturated carbocycles. The highest BCUT2D eigenvalue weighted by atomic mass is 16.5. The molecule has 2 aliphatic heterocycles. The topological polar surface area (TPSA) is 102 Å². The SMILES string of the molecule is Cc1cc2cc(n1)-c1cnn(C)c1OCCC[C@@H](C1CC1)Cn1c(nc3cc(N[C@H](C)CCN4CCCCC4)ccc31)NC2=O. The number of imidazole rings is 1. The number of fused-ring (bicyclic) bond motifs is 7. The van der Waals surface area contributed by atoms with Gasteiger partial charge in [-0.25, -0.2) is 9.67 Å². The molecule has 10 nitrogen and oxygen atoms in total. The number of aryl methyl sites for hydroxylation is 2. The molecule has 3 aromatic heterocycles. The van der Waals surface area contributed by atoms with Crippen LogP contribution in [0.4, 0.5) is 11.6 Å². The molecule has 3 aliphatic rings. The zero-order chi connectivity index (χ0) is 30.9. The van der Waals surface area contributed by atoms with Crippen molar-refractivity contribution in [1.29, 1.82) is 0 Å². The molecule has 1 aromatic carbocycles. The van der Waals surface area contributed by atoms with Crippen molar-refractivity contribution in [2.75, 3.05) is 36.9 Å². The first-order chi connectivity index (χ1) is 21.9. The first-order valence-electron chi connectivity index (χ1n) is 16.9. The molecular formula is C35H46N8O2. The Hall–Kier alpha value is -3.92. The van der Waals surface area contributed by atoms with E-state index in [1.807, 2.05) is 26.1 Å². The smallest absolute Gasteiger partial charge is 0.258 e. The number of hydrogen-bond donors (Lipinski definition) is 2. The van der Waals surface area contributed by atoms with Crippen LogP contribution in [0.1, 0.15) is 74.3 Å². The third-order valence-corrected chi connectivity index (χ3v) is 9.75. The number of hydrogen-bond acceptors (Lipinski definition) is 7. The number of carbonyl (C=O) groups excluding carboxylic acids is 1. The van der Waals surface area contributed by atoms with Crippen molar-refractivity contribution in [1.82, 2.24) is 29.2 Å². The lowest BCUT2D eigenvalue weighted by atomic mass is 9.97. The van der Waals surface area contributed by atoms with Gasteiger partial charge in [0.05, 0.1) is 35.1 Å². The Morgan fingerprint density at radius 2 is 1.89 bits per heavy atom. The molecule has 0 radical (unpaired) electrons. The van der Waals surface area contributed by atoms with Gasteiger partial charge in [-0.15, -0.1) is 0 Å². The normalized spacial score (nSPS) is 20.3. The van der Waals surface area contributed by atoms with Crippen LogP contribution in [0.5, 0.6) is 5.88 Å². The van der Waals surface area contributed by atoms with Crippen LogP contribution in [0.25, 0.3) is 22.3 Å². The van der Waals surface area contributed by atoms with Gasteiger partial charge in [-0.05, 0) is 114 Å². The van der Waals surface area contributed by atoms with Gasteiger partial charge in [0.15, 0.2) is 0 Å². The second-order valence-corrected chi connectivity index (χ2v) is 13.4. The quantitative estimate of drug-likeness (QED) is 0.265. The van der Waals surface area contributed by atoms with Crippen LogP contribution >= 0.6 is 0 Å². The van der Waals surface area contributed by atoms with E-state index >= 15 is 0 Å². The lowest BCUT2D eigenvalue weighted by Crippen LogP contribution is -2.33. The number of pyridine rings is 1. The molecule has 0 spiro atoms. The van der Waals surface area contributed by atoms with Gasteiger partial charge < -0.3 is 19.5 Å². The van der Waals surface area contributed by atoms with Crippen LogP contribution in [-0.4, -0.2) is 67.4 Å². The number of amides is 1. The summed E-state index contributed by atoms with van der Waals surface area (Å²) >= 11 is 0. The second-order valence-electron chi connectivity index (χ2n) is 13.4. The summed E-state index contributed by atoms with van der Waals surface area (Å²) in [6.45, 7) is 9.17. The molecular weight excluding hydrogens is 564 g/mol. The largest absolute Gasteiger partial charge is 0.477 e. The Labute approximate surface area is 265 Å². The fourth-order valence-electron chi connectivity index (χ4n) is 7.09. The predicted molar refractivity (Wildman–Crippen MR) is 178 cm³/mol. The molecule has 45 heavy (non-hydrogen) atoms. The third-order valence-electron chi connectivity index (χ3n) is 9.75. The fraction of sp³-hybridized carbons (Fsp3) is 0.543. The highest BCUT2D eigenvalue weighted by Gasteiger charge is 2.32. The molecule has 5 heterocycles. The van der Waals surface area contributed by atoms with Gasteiger partial charge in [0.2, 0.25) is 11.8 Å². The van der Waals surface area contributed by atoms with Crippen molar-refractivity contribution >= 4 is 28.6 Å². The maximum atomic E-state index is 13.8. The molecule has 10 heteroatoms. The number of aromatic nitrogens is 5. The van der Waals surface area contributed by atoms with Crippen molar-refractivity contribution < 1.29 is 9.53 Å². The minimum absolute atomic E-state index is 0.202. The maximum absolute atomic E-state index is 13.8. The number of nitrogens with zero attached hydrogens (tertiary/aromatic N) is 6. The Morgan fingerprint density at radius 3 is 2.71 bits per heavy atom. The van der Waals surface area contributed by atoms with E-state index in [1.54, 1.807) is 10.9 Å². The van der Waals surface area contributed by atoms with Crippen molar-refractivity contribution in [2.45, 2.75) is 77.8 Å². The van der Waals surface area contributed by atoms with Gasteiger partial charge in [-0.3, -0.25) is 15.1 Å². The van der Waals surface area contributed by atoms with Crippen molar-refractivity contribution in [2.24, 2.45) is 18.9 Å². The molecule has 4 aromatic rings. The summed E-state index contributed by atoms with van der Waals surface area (Å²) in [6.07, 6.45) is 11.4. The number of nitrogens with one attached hydrogen (secondary N) is 2. The van der Waals surface area contributed by atoms with E-state index in [-0.39, 0.29) is 5.91 Å². The van der Waals surface area contributed by atoms with E-state index in [0.29, 0.717) is 47.6 Å². The summed E-state index contributed by atoms with van der Waals surface area (Å²) < 4.78 is 10.3. The number of likely N-dealkylation sites (tertiary alicyclic amines) is 1. The van der Waals surface area contributed by atoms with E-state index in [4.69, 9.17) is 14.7 Å². The number of piperidine rings is 1. The third kappa shape index (κ3) is 6.71. The molecule has 1 aliphatic carbocycles. The number of benzene rings is 1. The van der Waals surface area contributed by atoms with Crippen LogP contribution in [-0.2, 0) is 13.6 Å². The van der Waals surface area contributed by atoms with Gasteiger partial charge >= 0.3 is 0 Å². The predicted octanol–water partition coefficient (Wildman–Crippen LogP) is 6.27. The Morgan fingerprint density at radius 1 is 1.04 bits per heavy atom. The van der Waals surface area contributed by atoms with Crippen molar-refractivity contribution in [3.8, 4) is 17.1 Å². The fourth-order valence-corrected chi connectivity index (χ4v) is 7.09. The van der Waals surface area contributed by atoms with Gasteiger partial charge in [0, 0.05) is 43.1 Å². The second kappa shape index (κ2) is 12.8. The molecule has 2 N–H and O–H groups in total. The average molecular weight is 611 g/mol. The van der Waals surface area contributed by atoms with E-state index in [9.17, 15) is 4.79 Å². The van der Waals surface area contributed by atoms with Crippen molar-refractivity contribution in [3.05, 3.63) is 47.8 Å². The minimum atomic E-state index is -0.202. The van der Waals surface area contributed by atoms with Crippen LogP contribution in [0.2, 0.25) is 0 Å². The summed E-state index contributed by atoms with van der Waals surface area (Å²) in [5.74, 6) is 2.25. The van der Waals surface area contributed by atoms with Crippen LogP contribution in [0.3, 0.4) is 0 Å². The summed E-state index contributed by atoms with van der Waals surface area (Å²) in [5.41, 5.74) is 5.76. The van der Waals surface area contributed by atoms with E-state index < -0.39 is 0 Å². The summed E-state index contributed by atoms with van der Waals surface area (Å²) in [4.78, 5) is 26.2. The van der Waals surface area contributed by atoms with Crippen molar-refractivity contribution in [3.63, 3.8) is 0 Å². The monoisotopic (exact) mass is 610 g/mol. The lowest BCUT2D eigenvalue weighted by Gasteiger charge is -2.27. The summed E-state index contributed by atoms with van der Waals surface area (Å²) in [6, 6.07) is 10.5. The standard InChI is InChI=1S/C35H46N8O2/c1-23(13-16-42-14-5-4-6-15-42)37-28-11-12-32-31(20-28)39-35-40-33(44)27-18-24(2)38-30(19-27)29-21-36-41(3)34(29)45-17-7-8-26(22-43(32)35)25-9-10-25/h11-12,18-21,23,25-26,37H,4-10,13-17,22H2,1-3H3,(H,39,40,44)/t23-,26-/m1/s1.